The van der Waals surface area contributed by atoms with Crippen LogP contribution in [0, 0.1) is 0 Å². The van der Waals surface area contributed by atoms with Crippen molar-refractivity contribution in [2.75, 3.05) is 0 Å². The van der Waals surface area contributed by atoms with Gasteiger partial charge < -0.3 is 0 Å². The van der Waals surface area contributed by atoms with Crippen molar-refractivity contribution in [2.45, 2.75) is 0 Å². The van der Waals surface area contributed by atoms with E-state index in [-0.39, 0.29) is 0 Å². The molecule has 0 spiro atoms. The Bertz CT molecular complexity index is 2390. The van der Waals surface area contributed by atoms with E-state index in [0.717, 1.165) is 27.8 Å². The number of furan rings is 1. The molecule has 3 heterocycles. The van der Waals surface area contributed by atoms with Crippen LogP contribution >= 0.6 is 0 Å². The summed E-state index contributed by atoms with van der Waals surface area (Å²) in [6.07, 6.45) is 0. The third-order valence-corrected chi connectivity index (χ3v) is 10.4. The number of hydrogen-bond acceptors (Lipinski definition) is 1. The third-order valence-electron chi connectivity index (χ3n) is 7.99. The van der Waals surface area contributed by atoms with E-state index in [0.29, 0.717) is 14.5 Å². The Morgan fingerprint density at radius 3 is 2.15 bits per heavy atom. The number of para-hydroxylation sites is 3. The molecule has 0 bridgehead atoms. The van der Waals surface area contributed by atoms with E-state index in [1.807, 2.05) is 0 Å². The average molecular weight is 563 g/mol. The van der Waals surface area contributed by atoms with E-state index < -0.39 is 0 Å². The molecule has 2 nitrogen and oxygen atoms in total. The van der Waals surface area contributed by atoms with E-state index in [2.05, 4.69) is 132 Å². The Kier molecular flexibility index (Phi) is 4.37. The molecule has 182 valence electrons. The first-order valence-corrected chi connectivity index (χ1v) is 14.9. The summed E-state index contributed by atoms with van der Waals surface area (Å²) in [5.74, 6) is 0. The summed E-state index contributed by atoms with van der Waals surface area (Å²) in [6, 6.07) is 46.1. The molecule has 9 aromatic rings. The molecule has 0 fully saturated rings. The van der Waals surface area contributed by atoms with E-state index in [9.17, 15) is 0 Å². The number of benzene rings is 6. The Morgan fingerprint density at radius 2 is 1.26 bits per heavy atom. The zero-order valence-electron chi connectivity index (χ0n) is 20.9. The predicted octanol–water partition coefficient (Wildman–Crippen LogP) is 9.71. The molecule has 6 aromatic carbocycles. The summed E-state index contributed by atoms with van der Waals surface area (Å²) in [5.41, 5.74) is 7.78. The van der Waals surface area contributed by atoms with Crippen LogP contribution in [0.3, 0.4) is 0 Å². The second kappa shape index (κ2) is 7.97. The van der Waals surface area contributed by atoms with Crippen LogP contribution in [0.1, 0.15) is 0 Å². The van der Waals surface area contributed by atoms with Crippen LogP contribution in [-0.2, 0) is 0 Å². The molecule has 0 saturated heterocycles. The van der Waals surface area contributed by atoms with Crippen molar-refractivity contribution in [3.05, 3.63) is 127 Å². The summed E-state index contributed by atoms with van der Waals surface area (Å²) in [6.45, 7) is 0. The van der Waals surface area contributed by atoms with Gasteiger partial charge in [-0.25, -0.2) is 0 Å². The molecular weight excluding hydrogens is 541 g/mol. The molecule has 3 aromatic heterocycles. The molecule has 0 amide bonds. The fourth-order valence-corrected chi connectivity index (χ4v) is 8.70. The normalized spacial score (nSPS) is 12.1. The fourth-order valence-electron chi connectivity index (χ4n) is 6.30. The van der Waals surface area contributed by atoms with Crippen LogP contribution in [-0.4, -0.2) is 19.1 Å². The number of hydrogen-bond donors (Lipinski definition) is 0. The molecular formula is C36H21NOSe. The number of fused-ring (bicyclic) bond motifs is 10. The van der Waals surface area contributed by atoms with Gasteiger partial charge in [0.05, 0.1) is 0 Å². The topological polar surface area (TPSA) is 18.1 Å². The van der Waals surface area contributed by atoms with E-state index in [1.165, 1.54) is 52.1 Å². The van der Waals surface area contributed by atoms with Gasteiger partial charge in [0, 0.05) is 0 Å². The molecule has 0 unspecified atom stereocenters. The van der Waals surface area contributed by atoms with E-state index >= 15 is 0 Å². The monoisotopic (exact) mass is 563 g/mol. The van der Waals surface area contributed by atoms with Gasteiger partial charge in [0.25, 0.3) is 0 Å². The zero-order chi connectivity index (χ0) is 25.5. The standard InChI is InChI=1S/C36H21NOSe/c1-2-10-23(11-3-1)37-30-15-7-4-12-24(30)29-21-28(34-27-14-5-8-16-31(27)38-36(34)35(29)37)22-18-19-26-25-13-6-9-17-32(25)39-33(26)20-22/h1-21H. The van der Waals surface area contributed by atoms with Crippen molar-refractivity contribution in [2.24, 2.45) is 0 Å². The first kappa shape index (κ1) is 21.4. The molecule has 0 atom stereocenters. The fraction of sp³-hybridized carbons (Fsp3) is 0. The Hall–Kier alpha value is -4.56. The SMILES string of the molecule is c1ccc(-n2c3ccccc3c3cc(-c4ccc5c(c4)[se]c4ccccc45)c4c5ccccc5oc4c32)cc1. The molecule has 0 N–H and O–H groups in total. The minimum absolute atomic E-state index is 0.312. The van der Waals surface area contributed by atoms with Crippen molar-refractivity contribution in [3.8, 4) is 16.8 Å². The summed E-state index contributed by atoms with van der Waals surface area (Å²) < 4.78 is 12.0. The second-order valence-corrected chi connectivity index (χ2v) is 12.4. The molecule has 0 saturated carbocycles. The van der Waals surface area contributed by atoms with Gasteiger partial charge in [-0.3, -0.25) is 0 Å². The summed E-state index contributed by atoms with van der Waals surface area (Å²) in [5, 5.41) is 7.55. The van der Waals surface area contributed by atoms with Gasteiger partial charge in [-0.1, -0.05) is 0 Å². The summed E-state index contributed by atoms with van der Waals surface area (Å²) in [4.78, 5) is 0. The maximum absolute atomic E-state index is 6.75. The number of nitrogens with zero attached hydrogens (tertiary/aromatic N) is 1. The molecule has 3 heteroatoms. The summed E-state index contributed by atoms with van der Waals surface area (Å²) in [7, 11) is 0. The Balaban J connectivity index is 1.47. The average Bonchev–Trinajstić information content (AvgIpc) is 3.66. The number of rotatable bonds is 2. The van der Waals surface area contributed by atoms with Crippen molar-refractivity contribution < 1.29 is 4.42 Å². The van der Waals surface area contributed by atoms with Crippen LogP contribution in [0.4, 0.5) is 0 Å². The zero-order valence-corrected chi connectivity index (χ0v) is 22.6. The maximum atomic E-state index is 6.75. The van der Waals surface area contributed by atoms with Gasteiger partial charge >= 0.3 is 231 Å². The van der Waals surface area contributed by atoms with Gasteiger partial charge in [-0.15, -0.1) is 0 Å². The minimum atomic E-state index is 0.312. The van der Waals surface area contributed by atoms with Crippen LogP contribution in [0.2, 0.25) is 0 Å². The van der Waals surface area contributed by atoms with Crippen molar-refractivity contribution in [3.63, 3.8) is 0 Å². The van der Waals surface area contributed by atoms with Gasteiger partial charge in [0.15, 0.2) is 0 Å². The second-order valence-electron chi connectivity index (χ2n) is 10.1. The van der Waals surface area contributed by atoms with Gasteiger partial charge in [-0.05, 0) is 0 Å². The third kappa shape index (κ3) is 2.97. The molecule has 0 aliphatic heterocycles. The van der Waals surface area contributed by atoms with E-state index in [1.54, 1.807) is 0 Å². The molecule has 9 rings (SSSR count). The Morgan fingerprint density at radius 1 is 0.538 bits per heavy atom. The van der Waals surface area contributed by atoms with Crippen LogP contribution in [0.5, 0.6) is 0 Å². The van der Waals surface area contributed by atoms with Gasteiger partial charge in [-0.2, -0.15) is 0 Å². The number of aromatic nitrogens is 1. The van der Waals surface area contributed by atoms with Crippen LogP contribution < -0.4 is 0 Å². The van der Waals surface area contributed by atoms with Crippen molar-refractivity contribution in [1.29, 1.82) is 0 Å². The molecule has 0 aliphatic rings. The molecule has 39 heavy (non-hydrogen) atoms. The first-order chi connectivity index (χ1) is 19.3. The van der Waals surface area contributed by atoms with Crippen molar-refractivity contribution >= 4 is 77.5 Å². The quantitative estimate of drug-likeness (QED) is 0.192. The Labute approximate surface area is 230 Å². The van der Waals surface area contributed by atoms with E-state index in [4.69, 9.17) is 4.42 Å². The predicted molar refractivity (Wildman–Crippen MR) is 165 cm³/mol. The first-order valence-electron chi connectivity index (χ1n) is 13.2. The summed E-state index contributed by atoms with van der Waals surface area (Å²) >= 11 is 0.312. The molecule has 0 radical (unpaired) electrons. The van der Waals surface area contributed by atoms with Gasteiger partial charge in [0.2, 0.25) is 0 Å². The van der Waals surface area contributed by atoms with Gasteiger partial charge in [0.1, 0.15) is 0 Å². The van der Waals surface area contributed by atoms with Crippen LogP contribution in [0.15, 0.2) is 132 Å². The molecule has 0 aliphatic carbocycles. The van der Waals surface area contributed by atoms with Crippen molar-refractivity contribution in [1.82, 2.24) is 4.57 Å². The van der Waals surface area contributed by atoms with Crippen LogP contribution in [0.25, 0.3) is 79.9 Å².